The van der Waals surface area contributed by atoms with Crippen LogP contribution >= 0.6 is 12.6 Å². The highest BCUT2D eigenvalue weighted by atomic mass is 32.2. The van der Waals surface area contributed by atoms with E-state index in [0.29, 0.717) is 5.16 Å². The molecule has 6 nitrogen and oxygen atoms in total. The van der Waals surface area contributed by atoms with Crippen LogP contribution in [0, 0.1) is 6.92 Å². The quantitative estimate of drug-likeness (QED) is 0.561. The number of hydrogen-bond donors (Lipinski definition) is 2. The molecule has 0 spiro atoms. The Hall–Kier alpha value is -2.32. The van der Waals surface area contributed by atoms with Gasteiger partial charge in [-0.15, -0.1) is 12.6 Å². The Labute approximate surface area is 140 Å². The predicted octanol–water partition coefficient (Wildman–Crippen LogP) is 2.86. The number of rotatable bonds is 3. The first kappa shape index (κ1) is 17.0. The van der Waals surface area contributed by atoms with Crippen LogP contribution in [0.3, 0.4) is 0 Å². The number of imidazole rings is 1. The van der Waals surface area contributed by atoms with Crippen molar-refractivity contribution in [3.8, 4) is 5.88 Å². The smallest absolute Gasteiger partial charge is 0.340 e. The molecule has 8 heteroatoms. The van der Waals surface area contributed by atoms with E-state index in [2.05, 4.69) is 27.6 Å². The molecule has 0 aliphatic rings. The van der Waals surface area contributed by atoms with Crippen molar-refractivity contribution < 1.29 is 12.6 Å². The summed E-state index contributed by atoms with van der Waals surface area (Å²) < 4.78 is 28.6. The first-order valence-corrected chi connectivity index (χ1v) is 8.43. The van der Waals surface area contributed by atoms with E-state index < -0.39 is 10.1 Å². The van der Waals surface area contributed by atoms with Gasteiger partial charge in [0, 0.05) is 24.7 Å². The van der Waals surface area contributed by atoms with Crippen molar-refractivity contribution in [3.05, 3.63) is 66.6 Å². The number of nitrogens with one attached hydrogen (secondary N) is 1. The van der Waals surface area contributed by atoms with Crippen molar-refractivity contribution in [1.29, 1.82) is 0 Å². The van der Waals surface area contributed by atoms with Gasteiger partial charge in [-0.1, -0.05) is 23.8 Å². The third-order valence-corrected chi connectivity index (χ3v) is 4.11. The summed E-state index contributed by atoms with van der Waals surface area (Å²) >= 11 is 3.87. The molecule has 0 unspecified atom stereocenters. The Kier molecular flexibility index (Phi) is 5.78. The molecular weight excluding hydrogens is 334 g/mol. The second-order valence-electron chi connectivity index (χ2n) is 4.43. The van der Waals surface area contributed by atoms with Crippen LogP contribution in [-0.2, 0) is 10.1 Å². The Morgan fingerprint density at radius 1 is 1.04 bits per heavy atom. The minimum absolute atomic E-state index is 0.0630. The van der Waals surface area contributed by atoms with E-state index >= 15 is 0 Å². The zero-order valence-electron chi connectivity index (χ0n) is 12.2. The van der Waals surface area contributed by atoms with Gasteiger partial charge in [-0.25, -0.2) is 9.97 Å². The van der Waals surface area contributed by atoms with Crippen LogP contribution in [0.4, 0.5) is 0 Å². The zero-order chi connectivity index (χ0) is 16.7. The molecule has 0 saturated carbocycles. The third kappa shape index (κ3) is 5.42. The highest BCUT2D eigenvalue weighted by molar-refractivity contribution is 7.87. The van der Waals surface area contributed by atoms with Crippen LogP contribution in [-0.4, -0.2) is 23.4 Å². The maximum atomic E-state index is 11.9. The van der Waals surface area contributed by atoms with Gasteiger partial charge < -0.3 is 9.17 Å². The van der Waals surface area contributed by atoms with E-state index in [0.717, 1.165) is 5.56 Å². The molecule has 0 aliphatic heterocycles. The summed E-state index contributed by atoms with van der Waals surface area (Å²) in [5.41, 5.74) is 0.988. The standard InChI is InChI=1S/C12H11NO3S.C3H4N2S/c1-10-5-7-11(8-6-10)17(14,15)16-12-4-2-3-9-13-12;6-3-4-1-2-5-3/h2-9H,1H3;1-2H,(H2,4,5,6). The van der Waals surface area contributed by atoms with Crippen molar-refractivity contribution in [1.82, 2.24) is 15.0 Å². The Morgan fingerprint density at radius 2 is 1.78 bits per heavy atom. The number of nitrogens with zero attached hydrogens (tertiary/aromatic N) is 2. The Balaban J connectivity index is 0.000000268. The topological polar surface area (TPSA) is 84.9 Å². The second kappa shape index (κ2) is 7.80. The van der Waals surface area contributed by atoms with E-state index in [1.54, 1.807) is 36.7 Å². The van der Waals surface area contributed by atoms with E-state index in [4.69, 9.17) is 4.18 Å². The number of thiol groups is 1. The van der Waals surface area contributed by atoms with Crippen LogP contribution in [0.15, 0.2) is 71.1 Å². The molecular formula is C15H15N3O3S2. The zero-order valence-corrected chi connectivity index (χ0v) is 14.0. The lowest BCUT2D eigenvalue weighted by atomic mass is 10.2. The summed E-state index contributed by atoms with van der Waals surface area (Å²) in [4.78, 5) is 10.4. The van der Waals surface area contributed by atoms with Crippen LogP contribution in [0.5, 0.6) is 5.88 Å². The number of benzene rings is 1. The summed E-state index contributed by atoms with van der Waals surface area (Å²) in [7, 11) is -3.79. The Morgan fingerprint density at radius 3 is 2.26 bits per heavy atom. The normalized spacial score (nSPS) is 10.5. The average Bonchev–Trinajstić information content (AvgIpc) is 3.00. The number of aromatic amines is 1. The fourth-order valence-electron chi connectivity index (χ4n) is 1.52. The van der Waals surface area contributed by atoms with Gasteiger partial charge in [0.05, 0.1) is 0 Å². The van der Waals surface area contributed by atoms with Gasteiger partial charge in [-0.2, -0.15) is 8.42 Å². The van der Waals surface area contributed by atoms with E-state index in [9.17, 15) is 8.42 Å². The van der Waals surface area contributed by atoms with Gasteiger partial charge in [-0.05, 0) is 25.1 Å². The van der Waals surface area contributed by atoms with Gasteiger partial charge in [-0.3, -0.25) is 0 Å². The monoisotopic (exact) mass is 349 g/mol. The average molecular weight is 349 g/mol. The van der Waals surface area contributed by atoms with Crippen LogP contribution in [0.25, 0.3) is 0 Å². The molecule has 3 aromatic rings. The van der Waals surface area contributed by atoms with Crippen molar-refractivity contribution >= 4 is 22.7 Å². The largest absolute Gasteiger partial charge is 0.358 e. The van der Waals surface area contributed by atoms with Crippen molar-refractivity contribution in [2.45, 2.75) is 17.0 Å². The molecule has 3 rings (SSSR count). The summed E-state index contributed by atoms with van der Waals surface area (Å²) in [5.74, 6) is 0.0630. The highest BCUT2D eigenvalue weighted by Crippen LogP contribution is 2.16. The number of hydrogen-bond acceptors (Lipinski definition) is 6. The van der Waals surface area contributed by atoms with Crippen molar-refractivity contribution in [2.75, 3.05) is 0 Å². The molecule has 23 heavy (non-hydrogen) atoms. The van der Waals surface area contributed by atoms with Gasteiger partial charge in [0.25, 0.3) is 0 Å². The summed E-state index contributed by atoms with van der Waals surface area (Å²) in [6, 6.07) is 11.3. The molecule has 120 valence electrons. The summed E-state index contributed by atoms with van der Waals surface area (Å²) in [5, 5.41) is 0.662. The van der Waals surface area contributed by atoms with E-state index in [1.165, 1.54) is 24.4 Å². The van der Waals surface area contributed by atoms with Crippen LogP contribution in [0.1, 0.15) is 5.56 Å². The van der Waals surface area contributed by atoms with E-state index in [1.807, 2.05) is 6.92 Å². The summed E-state index contributed by atoms with van der Waals surface area (Å²) in [6.07, 6.45) is 4.85. The fraction of sp³-hybridized carbons (Fsp3) is 0.0667. The molecule has 0 amide bonds. The van der Waals surface area contributed by atoms with Gasteiger partial charge in [0.2, 0.25) is 5.88 Å². The fourth-order valence-corrected chi connectivity index (χ4v) is 2.55. The van der Waals surface area contributed by atoms with E-state index in [-0.39, 0.29) is 10.8 Å². The molecule has 0 bridgehead atoms. The maximum absolute atomic E-state index is 11.9. The van der Waals surface area contributed by atoms with Crippen molar-refractivity contribution in [3.63, 3.8) is 0 Å². The summed E-state index contributed by atoms with van der Waals surface area (Å²) in [6.45, 7) is 1.88. The number of H-pyrrole nitrogens is 1. The lowest BCUT2D eigenvalue weighted by Crippen LogP contribution is -2.10. The second-order valence-corrected chi connectivity index (χ2v) is 6.40. The SMILES string of the molecule is Cc1ccc(S(=O)(=O)Oc2ccccn2)cc1.Sc1ncc[nH]1. The minimum atomic E-state index is -3.79. The molecule has 0 atom stereocenters. The molecule has 2 aromatic heterocycles. The molecule has 0 radical (unpaired) electrons. The molecule has 1 aromatic carbocycles. The molecule has 0 aliphatic carbocycles. The van der Waals surface area contributed by atoms with Crippen LogP contribution < -0.4 is 4.18 Å². The van der Waals surface area contributed by atoms with Gasteiger partial charge >= 0.3 is 10.1 Å². The van der Waals surface area contributed by atoms with Crippen LogP contribution in [0.2, 0.25) is 0 Å². The molecule has 2 heterocycles. The Bertz CT molecular complexity index is 818. The number of aryl methyl sites for hydroxylation is 1. The molecule has 1 N–H and O–H groups in total. The van der Waals surface area contributed by atoms with Gasteiger partial charge in [0.1, 0.15) is 4.90 Å². The highest BCUT2D eigenvalue weighted by Gasteiger charge is 2.16. The predicted molar refractivity (Wildman–Crippen MR) is 89.1 cm³/mol. The minimum Gasteiger partial charge on any atom is -0.358 e. The number of aromatic nitrogens is 3. The maximum Gasteiger partial charge on any atom is 0.340 e. The third-order valence-electron chi connectivity index (χ3n) is 2.63. The first-order valence-electron chi connectivity index (χ1n) is 6.58. The molecule has 0 fully saturated rings. The van der Waals surface area contributed by atoms with Crippen molar-refractivity contribution in [2.24, 2.45) is 0 Å². The lowest BCUT2D eigenvalue weighted by molar-refractivity contribution is 0.476. The number of pyridine rings is 1. The molecule has 0 saturated heterocycles. The first-order chi connectivity index (χ1) is 11.0. The van der Waals surface area contributed by atoms with Gasteiger partial charge in [0.15, 0.2) is 5.16 Å². The lowest BCUT2D eigenvalue weighted by Gasteiger charge is -2.05.